The first-order chi connectivity index (χ1) is 18.1. The lowest BCUT2D eigenvalue weighted by Crippen LogP contribution is -2.70. The number of halogens is 1. The van der Waals surface area contributed by atoms with Gasteiger partial charge in [0.05, 0.1) is 6.42 Å². The van der Waals surface area contributed by atoms with Gasteiger partial charge in [0.2, 0.25) is 5.91 Å². The van der Waals surface area contributed by atoms with Crippen molar-refractivity contribution in [1.82, 2.24) is 10.2 Å². The second-order valence-corrected chi connectivity index (χ2v) is 10.2. The molecule has 1 fully saturated rings. The number of ether oxygens (including phenoxy) is 1. The highest BCUT2D eigenvalue weighted by Gasteiger charge is 2.54. The zero-order chi connectivity index (χ0) is 25.8. The van der Waals surface area contributed by atoms with Crippen LogP contribution in [0.5, 0.6) is 0 Å². The van der Waals surface area contributed by atoms with Gasteiger partial charge in [0, 0.05) is 11.6 Å². The summed E-state index contributed by atoms with van der Waals surface area (Å²) >= 11 is 7.68. The number of benzene rings is 3. The highest BCUT2D eigenvalue weighted by atomic mass is 35.5. The molecule has 2 amide bonds. The average molecular weight is 533 g/mol. The Morgan fingerprint density at radius 2 is 1.51 bits per heavy atom. The molecule has 1 N–H and O–H groups in total. The number of amides is 2. The zero-order valence-electron chi connectivity index (χ0n) is 19.9. The molecule has 2 atom stereocenters. The standard InChI is InChI=1S/C29H25ClN2O4S/c30-17-22-18-37-28-24(31-23(33)16-19-10-4-1-5-11-19)27(34)32(28)25(22)29(35)36-26(20-12-6-2-7-13-20)21-14-8-3-9-15-21/h1-15,24,26,28H,16-18H2,(H,31,33)/t24?,28-/m1/s1. The molecule has 0 radical (unpaired) electrons. The van der Waals surface area contributed by atoms with Crippen LogP contribution in [-0.4, -0.2) is 45.7 Å². The Hall–Kier alpha value is -3.55. The molecular formula is C29H25ClN2O4S. The van der Waals surface area contributed by atoms with Gasteiger partial charge in [-0.15, -0.1) is 23.4 Å². The molecule has 0 aromatic heterocycles. The number of thioether (sulfide) groups is 1. The predicted octanol–water partition coefficient (Wildman–Crippen LogP) is 4.45. The van der Waals surface area contributed by atoms with E-state index in [1.54, 1.807) is 0 Å². The van der Waals surface area contributed by atoms with Gasteiger partial charge in [-0.1, -0.05) is 91.0 Å². The molecule has 1 unspecified atom stereocenters. The van der Waals surface area contributed by atoms with Crippen LogP contribution in [0.25, 0.3) is 0 Å². The molecular weight excluding hydrogens is 508 g/mol. The molecule has 0 bridgehead atoms. The number of nitrogens with one attached hydrogen (secondary N) is 1. The maximum atomic E-state index is 13.6. The third-order valence-corrected chi connectivity index (χ3v) is 8.02. The van der Waals surface area contributed by atoms with E-state index in [0.717, 1.165) is 16.7 Å². The van der Waals surface area contributed by atoms with Gasteiger partial charge in [0.15, 0.2) is 6.10 Å². The van der Waals surface area contributed by atoms with Crippen molar-refractivity contribution in [2.45, 2.75) is 23.9 Å². The van der Waals surface area contributed by atoms with E-state index >= 15 is 0 Å². The van der Waals surface area contributed by atoms with Gasteiger partial charge in [-0.2, -0.15) is 0 Å². The molecule has 0 spiro atoms. The van der Waals surface area contributed by atoms with Crippen LogP contribution in [0.4, 0.5) is 0 Å². The van der Waals surface area contributed by atoms with Crippen LogP contribution in [-0.2, 0) is 25.5 Å². The van der Waals surface area contributed by atoms with Gasteiger partial charge in [-0.05, 0) is 22.3 Å². The molecule has 2 heterocycles. The smallest absolute Gasteiger partial charge is 0.356 e. The Labute approximate surface area is 224 Å². The number of carbonyl (C=O) groups excluding carboxylic acids is 3. The average Bonchev–Trinajstić information content (AvgIpc) is 2.95. The van der Waals surface area contributed by atoms with Crippen LogP contribution in [0.2, 0.25) is 0 Å². The molecule has 3 aromatic rings. The van der Waals surface area contributed by atoms with Gasteiger partial charge < -0.3 is 10.1 Å². The van der Waals surface area contributed by atoms with Crippen LogP contribution in [0.15, 0.2) is 102 Å². The Kier molecular flexibility index (Phi) is 7.63. The summed E-state index contributed by atoms with van der Waals surface area (Å²) < 4.78 is 6.04. The van der Waals surface area contributed by atoms with Crippen LogP contribution in [0.3, 0.4) is 0 Å². The monoisotopic (exact) mass is 532 g/mol. The first-order valence-corrected chi connectivity index (χ1v) is 13.5. The number of hydrogen-bond donors (Lipinski definition) is 1. The number of carbonyl (C=O) groups is 3. The Bertz CT molecular complexity index is 1280. The molecule has 2 aliphatic rings. The van der Waals surface area contributed by atoms with Gasteiger partial charge in [0.25, 0.3) is 5.91 Å². The van der Waals surface area contributed by atoms with E-state index in [0.29, 0.717) is 11.3 Å². The second kappa shape index (κ2) is 11.2. The third-order valence-electron chi connectivity index (χ3n) is 6.36. The largest absolute Gasteiger partial charge is 0.448 e. The van der Waals surface area contributed by atoms with Crippen molar-refractivity contribution in [2.75, 3.05) is 11.6 Å². The molecule has 0 saturated carbocycles. The quantitative estimate of drug-likeness (QED) is 0.263. The molecule has 37 heavy (non-hydrogen) atoms. The number of hydrogen-bond acceptors (Lipinski definition) is 5. The highest BCUT2D eigenvalue weighted by Crippen LogP contribution is 2.41. The van der Waals surface area contributed by atoms with E-state index in [1.165, 1.54) is 16.7 Å². The van der Waals surface area contributed by atoms with Crippen LogP contribution in [0, 0.1) is 0 Å². The van der Waals surface area contributed by atoms with Crippen LogP contribution < -0.4 is 5.32 Å². The Morgan fingerprint density at radius 3 is 2.08 bits per heavy atom. The minimum absolute atomic E-state index is 0.0975. The third kappa shape index (κ3) is 5.29. The molecule has 6 nitrogen and oxygen atoms in total. The van der Waals surface area contributed by atoms with Crippen molar-refractivity contribution < 1.29 is 19.1 Å². The summed E-state index contributed by atoms with van der Waals surface area (Å²) in [4.78, 5) is 40.8. The fourth-order valence-electron chi connectivity index (χ4n) is 4.53. The van der Waals surface area contributed by atoms with E-state index in [2.05, 4.69) is 5.32 Å². The second-order valence-electron chi connectivity index (χ2n) is 8.81. The van der Waals surface area contributed by atoms with E-state index in [1.807, 2.05) is 91.0 Å². The van der Waals surface area contributed by atoms with Crippen LogP contribution in [0.1, 0.15) is 22.8 Å². The van der Waals surface area contributed by atoms with Crippen molar-refractivity contribution >= 4 is 41.1 Å². The lowest BCUT2D eigenvalue weighted by molar-refractivity contribution is -0.154. The lowest BCUT2D eigenvalue weighted by atomic mass is 10.0. The molecule has 1 saturated heterocycles. The lowest BCUT2D eigenvalue weighted by Gasteiger charge is -2.49. The fourth-order valence-corrected chi connectivity index (χ4v) is 6.21. The summed E-state index contributed by atoms with van der Waals surface area (Å²) in [5.41, 5.74) is 3.31. The van der Waals surface area contributed by atoms with Crippen molar-refractivity contribution in [3.05, 3.63) is 119 Å². The van der Waals surface area contributed by atoms with Gasteiger partial charge in [-0.25, -0.2) is 4.79 Å². The van der Waals surface area contributed by atoms with E-state index < -0.39 is 23.5 Å². The molecule has 8 heteroatoms. The number of rotatable bonds is 8. The van der Waals surface area contributed by atoms with Crippen molar-refractivity contribution in [3.8, 4) is 0 Å². The summed E-state index contributed by atoms with van der Waals surface area (Å²) in [6.07, 6.45) is -0.472. The highest BCUT2D eigenvalue weighted by molar-refractivity contribution is 8.00. The van der Waals surface area contributed by atoms with Gasteiger partial charge in [0.1, 0.15) is 17.1 Å². The summed E-state index contributed by atoms with van der Waals surface area (Å²) in [7, 11) is 0. The summed E-state index contributed by atoms with van der Waals surface area (Å²) in [6.45, 7) is 0. The molecule has 5 rings (SSSR count). The zero-order valence-corrected chi connectivity index (χ0v) is 21.5. The van der Waals surface area contributed by atoms with Gasteiger partial charge >= 0.3 is 5.97 Å². The first-order valence-electron chi connectivity index (χ1n) is 11.9. The predicted molar refractivity (Wildman–Crippen MR) is 144 cm³/mol. The number of β-lactam (4-membered cyclic amide) rings is 1. The molecule has 3 aromatic carbocycles. The minimum atomic E-state index is -0.708. The van der Waals surface area contributed by atoms with E-state index in [9.17, 15) is 14.4 Å². The summed E-state index contributed by atoms with van der Waals surface area (Å²) in [5.74, 6) is -0.630. The summed E-state index contributed by atoms with van der Waals surface area (Å²) in [5, 5.41) is 2.45. The number of esters is 1. The van der Waals surface area contributed by atoms with Crippen molar-refractivity contribution in [3.63, 3.8) is 0 Å². The SMILES string of the molecule is O=C(Cc1ccccc1)NC1C(=O)N2C(C(=O)OC(c3ccccc3)c3ccccc3)=C(CCl)CS[C@H]12. The van der Waals surface area contributed by atoms with Crippen LogP contribution >= 0.6 is 23.4 Å². The fraction of sp³-hybridized carbons (Fsp3) is 0.207. The van der Waals surface area contributed by atoms with E-state index in [-0.39, 0.29) is 29.8 Å². The maximum absolute atomic E-state index is 13.6. The summed E-state index contributed by atoms with van der Waals surface area (Å²) in [6, 6.07) is 27.6. The number of nitrogens with zero attached hydrogens (tertiary/aromatic N) is 1. The number of fused-ring (bicyclic) bond motifs is 1. The van der Waals surface area contributed by atoms with Crippen molar-refractivity contribution in [1.29, 1.82) is 0 Å². The molecule has 188 valence electrons. The van der Waals surface area contributed by atoms with E-state index in [4.69, 9.17) is 16.3 Å². The molecule has 2 aliphatic heterocycles. The van der Waals surface area contributed by atoms with Crippen molar-refractivity contribution in [2.24, 2.45) is 0 Å². The number of alkyl halides is 1. The maximum Gasteiger partial charge on any atom is 0.356 e. The van der Waals surface area contributed by atoms with Gasteiger partial charge in [-0.3, -0.25) is 14.5 Å². The Morgan fingerprint density at radius 1 is 0.946 bits per heavy atom. The topological polar surface area (TPSA) is 75.7 Å². The molecule has 0 aliphatic carbocycles. The Balaban J connectivity index is 1.35. The first kappa shape index (κ1) is 25.1. The minimum Gasteiger partial charge on any atom is -0.448 e. The normalized spacial score (nSPS) is 18.8.